The zero-order chi connectivity index (χ0) is 20.1. The molecule has 1 rings (SSSR count). The second kappa shape index (κ2) is 8.94. The minimum atomic E-state index is -3.90. The fraction of sp³-hybridized carbons (Fsp3) is 0.562. The Hall–Kier alpha value is -1.49. The fourth-order valence-corrected chi connectivity index (χ4v) is 4.92. The third kappa shape index (κ3) is 5.26. The summed E-state index contributed by atoms with van der Waals surface area (Å²) >= 11 is 0. The Morgan fingerprint density at radius 1 is 0.962 bits per heavy atom. The first-order valence-electron chi connectivity index (χ1n) is 8.32. The molecule has 0 saturated heterocycles. The Morgan fingerprint density at radius 3 is 1.77 bits per heavy atom. The lowest BCUT2D eigenvalue weighted by Crippen LogP contribution is -2.40. The first-order chi connectivity index (χ1) is 12.0. The van der Waals surface area contributed by atoms with E-state index in [2.05, 4.69) is 5.32 Å². The van der Waals surface area contributed by atoms with Crippen LogP contribution in [0.3, 0.4) is 0 Å². The molecule has 1 aromatic carbocycles. The lowest BCUT2D eigenvalue weighted by atomic mass is 10.4. The zero-order valence-corrected chi connectivity index (χ0v) is 17.4. The summed E-state index contributed by atoms with van der Waals surface area (Å²) in [4.78, 5) is 11.7. The predicted octanol–water partition coefficient (Wildman–Crippen LogP) is 0.862. The van der Waals surface area contributed by atoms with Gasteiger partial charge in [-0.2, -0.15) is 8.61 Å². The molecular formula is C16H27N3O5S2. The lowest BCUT2D eigenvalue weighted by Gasteiger charge is -2.20. The summed E-state index contributed by atoms with van der Waals surface area (Å²) in [5.74, 6) is -0.410. The van der Waals surface area contributed by atoms with Gasteiger partial charge in [-0.3, -0.25) is 4.79 Å². The summed E-state index contributed by atoms with van der Waals surface area (Å²) in [6.45, 7) is 7.36. The van der Waals surface area contributed by atoms with E-state index in [0.29, 0.717) is 13.1 Å². The predicted molar refractivity (Wildman–Crippen MR) is 99.6 cm³/mol. The molecule has 0 bridgehead atoms. The van der Waals surface area contributed by atoms with Crippen LogP contribution in [-0.2, 0) is 24.8 Å². The number of nitrogens with one attached hydrogen (secondary N) is 1. The number of rotatable bonds is 9. The van der Waals surface area contributed by atoms with E-state index in [1.165, 1.54) is 35.6 Å². The first kappa shape index (κ1) is 22.6. The maximum absolute atomic E-state index is 12.5. The molecule has 0 radical (unpaired) electrons. The maximum Gasteiger partial charge on any atom is 0.243 e. The van der Waals surface area contributed by atoms with Crippen molar-refractivity contribution in [1.29, 1.82) is 0 Å². The smallest absolute Gasteiger partial charge is 0.243 e. The molecule has 10 heteroatoms. The lowest BCUT2D eigenvalue weighted by molar-refractivity contribution is -0.121. The van der Waals surface area contributed by atoms with Crippen molar-refractivity contribution in [2.24, 2.45) is 0 Å². The van der Waals surface area contributed by atoms with E-state index in [1.54, 1.807) is 27.7 Å². The van der Waals surface area contributed by atoms with Crippen LogP contribution in [0.2, 0.25) is 0 Å². The van der Waals surface area contributed by atoms with E-state index in [0.717, 1.165) is 4.31 Å². The average Bonchev–Trinajstić information content (AvgIpc) is 2.54. The zero-order valence-electron chi connectivity index (χ0n) is 15.8. The summed E-state index contributed by atoms with van der Waals surface area (Å²) in [6.07, 6.45) is 0. The summed E-state index contributed by atoms with van der Waals surface area (Å²) in [5.41, 5.74) is 0. The Bertz CT molecular complexity index is 814. The van der Waals surface area contributed by atoms with E-state index in [-0.39, 0.29) is 22.4 Å². The topological polar surface area (TPSA) is 104 Å². The third-order valence-electron chi connectivity index (χ3n) is 3.69. The van der Waals surface area contributed by atoms with E-state index in [9.17, 15) is 21.6 Å². The number of carbonyl (C=O) groups excluding carboxylic acids is 1. The summed E-state index contributed by atoms with van der Waals surface area (Å²) in [7, 11) is -6.25. The minimum absolute atomic E-state index is 0.0281. The number of likely N-dealkylation sites (N-methyl/N-ethyl adjacent to an activating group) is 1. The van der Waals surface area contributed by atoms with Gasteiger partial charge >= 0.3 is 0 Å². The number of hydrogen-bond donors (Lipinski definition) is 1. The molecular weight excluding hydrogens is 378 g/mol. The number of nitrogens with zero attached hydrogens (tertiary/aromatic N) is 2. The van der Waals surface area contributed by atoms with Crippen molar-refractivity contribution < 1.29 is 21.6 Å². The largest absolute Gasteiger partial charge is 0.353 e. The van der Waals surface area contributed by atoms with Gasteiger partial charge in [0.1, 0.15) is 0 Å². The molecule has 0 aliphatic carbocycles. The van der Waals surface area contributed by atoms with Gasteiger partial charge in [-0.1, -0.05) is 13.8 Å². The Morgan fingerprint density at radius 2 is 1.38 bits per heavy atom. The van der Waals surface area contributed by atoms with Crippen molar-refractivity contribution in [3.8, 4) is 0 Å². The van der Waals surface area contributed by atoms with Crippen molar-refractivity contribution in [3.63, 3.8) is 0 Å². The van der Waals surface area contributed by atoms with Crippen molar-refractivity contribution in [2.75, 3.05) is 26.7 Å². The summed E-state index contributed by atoms with van der Waals surface area (Å²) in [5, 5.41) is 2.62. The van der Waals surface area contributed by atoms with E-state index >= 15 is 0 Å². The molecule has 0 aliphatic heterocycles. The van der Waals surface area contributed by atoms with Crippen LogP contribution in [0, 0.1) is 0 Å². The van der Waals surface area contributed by atoms with Crippen molar-refractivity contribution in [2.45, 2.75) is 43.5 Å². The molecule has 0 fully saturated rings. The summed E-state index contributed by atoms with van der Waals surface area (Å²) in [6, 6.07) is 4.92. The number of hydrogen-bond acceptors (Lipinski definition) is 5. The SMILES string of the molecule is CCN(CC)S(=O)(=O)c1ccc(S(=O)(=O)N(C)CC(=O)NC(C)C)cc1. The molecule has 0 spiro atoms. The second-order valence-electron chi connectivity index (χ2n) is 6.04. The van der Waals surface area contributed by atoms with Crippen LogP contribution >= 0.6 is 0 Å². The molecule has 1 amide bonds. The van der Waals surface area contributed by atoms with Crippen LogP contribution in [-0.4, -0.2) is 64.1 Å². The molecule has 0 aliphatic rings. The average molecular weight is 406 g/mol. The van der Waals surface area contributed by atoms with Crippen LogP contribution in [0.5, 0.6) is 0 Å². The van der Waals surface area contributed by atoms with Gasteiger partial charge in [-0.25, -0.2) is 16.8 Å². The molecule has 1 N–H and O–H groups in total. The standard InChI is InChI=1S/C16H27N3O5S2/c1-6-19(7-2)26(23,24)15-10-8-14(9-11-15)25(21,22)18(5)12-16(20)17-13(3)4/h8-11,13H,6-7,12H2,1-5H3,(H,17,20). The highest BCUT2D eigenvalue weighted by Crippen LogP contribution is 2.20. The minimum Gasteiger partial charge on any atom is -0.353 e. The third-order valence-corrected chi connectivity index (χ3v) is 7.57. The van der Waals surface area contributed by atoms with Crippen LogP contribution in [0.15, 0.2) is 34.1 Å². The van der Waals surface area contributed by atoms with E-state index < -0.39 is 26.0 Å². The Balaban J connectivity index is 3.05. The van der Waals surface area contributed by atoms with Crippen LogP contribution in [0.1, 0.15) is 27.7 Å². The highest BCUT2D eigenvalue weighted by molar-refractivity contribution is 7.89. The highest BCUT2D eigenvalue weighted by atomic mass is 32.2. The first-order valence-corrected chi connectivity index (χ1v) is 11.2. The van der Waals surface area contributed by atoms with Gasteiger partial charge in [-0.15, -0.1) is 0 Å². The second-order valence-corrected chi connectivity index (χ2v) is 10.0. The Kier molecular flexibility index (Phi) is 7.75. The number of carbonyl (C=O) groups is 1. The van der Waals surface area contributed by atoms with Gasteiger partial charge in [0.2, 0.25) is 26.0 Å². The van der Waals surface area contributed by atoms with Crippen molar-refractivity contribution in [3.05, 3.63) is 24.3 Å². The quantitative estimate of drug-likeness (QED) is 0.656. The Labute approximate surface area is 156 Å². The van der Waals surface area contributed by atoms with Gasteiger partial charge in [0.15, 0.2) is 0 Å². The fourth-order valence-electron chi connectivity index (χ4n) is 2.33. The van der Waals surface area contributed by atoms with Gasteiger partial charge < -0.3 is 5.32 Å². The highest BCUT2D eigenvalue weighted by Gasteiger charge is 2.25. The molecule has 1 aromatic rings. The normalized spacial score (nSPS) is 12.8. The summed E-state index contributed by atoms with van der Waals surface area (Å²) < 4.78 is 52.2. The monoisotopic (exact) mass is 405 g/mol. The van der Waals surface area contributed by atoms with E-state index in [4.69, 9.17) is 0 Å². The van der Waals surface area contributed by atoms with Crippen LogP contribution in [0.4, 0.5) is 0 Å². The number of benzene rings is 1. The molecule has 0 unspecified atom stereocenters. The van der Waals surface area contributed by atoms with Crippen LogP contribution < -0.4 is 5.32 Å². The molecule has 0 heterocycles. The molecule has 8 nitrogen and oxygen atoms in total. The molecule has 26 heavy (non-hydrogen) atoms. The van der Waals surface area contributed by atoms with Gasteiger partial charge in [-0.05, 0) is 38.1 Å². The van der Waals surface area contributed by atoms with Crippen molar-refractivity contribution >= 4 is 26.0 Å². The van der Waals surface area contributed by atoms with E-state index in [1.807, 2.05) is 0 Å². The number of amides is 1. The van der Waals surface area contributed by atoms with Gasteiger partial charge in [0, 0.05) is 26.2 Å². The maximum atomic E-state index is 12.5. The van der Waals surface area contributed by atoms with Gasteiger partial charge in [0.25, 0.3) is 0 Å². The molecule has 0 aromatic heterocycles. The molecule has 148 valence electrons. The molecule has 0 atom stereocenters. The van der Waals surface area contributed by atoms with Gasteiger partial charge in [0.05, 0.1) is 16.3 Å². The van der Waals surface area contributed by atoms with Crippen molar-refractivity contribution in [1.82, 2.24) is 13.9 Å². The number of sulfonamides is 2. The van der Waals surface area contributed by atoms with Crippen LogP contribution in [0.25, 0.3) is 0 Å². The molecule has 0 saturated carbocycles.